The maximum absolute atomic E-state index is 13.4. The zero-order chi connectivity index (χ0) is 25.2. The molecule has 0 bridgehead atoms. The molecule has 0 aromatic heterocycles. The van der Waals surface area contributed by atoms with Gasteiger partial charge in [-0.2, -0.15) is 0 Å². The van der Waals surface area contributed by atoms with Crippen LogP contribution in [0.4, 0.5) is 10.5 Å². The van der Waals surface area contributed by atoms with Crippen molar-refractivity contribution < 1.29 is 19.1 Å². The van der Waals surface area contributed by atoms with E-state index in [1.54, 1.807) is 20.8 Å². The third-order valence-corrected chi connectivity index (χ3v) is 5.73. The van der Waals surface area contributed by atoms with Crippen LogP contribution in [0.15, 0.2) is 83.9 Å². The highest BCUT2D eigenvalue weighted by molar-refractivity contribution is 6.13. The van der Waals surface area contributed by atoms with Gasteiger partial charge >= 0.3 is 12.1 Å². The smallest absolute Gasteiger partial charge is 0.415 e. The van der Waals surface area contributed by atoms with Gasteiger partial charge in [0.2, 0.25) is 0 Å². The first-order valence-electron chi connectivity index (χ1n) is 11.6. The number of rotatable bonds is 4. The summed E-state index contributed by atoms with van der Waals surface area (Å²) in [5.74, 6) is -0.557. The Morgan fingerprint density at radius 1 is 0.886 bits per heavy atom. The van der Waals surface area contributed by atoms with Crippen molar-refractivity contribution in [3.63, 3.8) is 0 Å². The minimum absolute atomic E-state index is 0.557. The van der Waals surface area contributed by atoms with Gasteiger partial charge in [0.1, 0.15) is 11.6 Å². The lowest BCUT2D eigenvalue weighted by Crippen LogP contribution is -2.47. The van der Waals surface area contributed by atoms with Crippen LogP contribution in [0.2, 0.25) is 0 Å². The molecule has 0 aliphatic carbocycles. The molecule has 0 saturated carbocycles. The van der Waals surface area contributed by atoms with E-state index in [4.69, 9.17) is 14.5 Å². The third kappa shape index (κ3) is 5.11. The molecule has 0 saturated heterocycles. The fraction of sp³-hybridized carbons (Fsp3) is 0.276. The molecule has 35 heavy (non-hydrogen) atoms. The molecule has 1 heterocycles. The number of ether oxygens (including phenoxy) is 2. The Balaban J connectivity index is 1.93. The monoisotopic (exact) mass is 470 g/mol. The van der Waals surface area contributed by atoms with Crippen molar-refractivity contribution in [3.8, 4) is 0 Å². The maximum atomic E-state index is 13.4. The Morgan fingerprint density at radius 2 is 1.46 bits per heavy atom. The van der Waals surface area contributed by atoms with Crippen LogP contribution in [0.5, 0.6) is 0 Å². The van der Waals surface area contributed by atoms with Crippen molar-refractivity contribution >= 4 is 23.5 Å². The SMILES string of the molecule is COC(=O)[C@H]1[C@H](N=C(c2ccccc2)c2ccccc2)c2cc(C)ccc2N1C(=O)OC(C)(C)C. The second-order valence-corrected chi connectivity index (χ2v) is 9.54. The van der Waals surface area contributed by atoms with E-state index in [1.807, 2.05) is 85.8 Å². The van der Waals surface area contributed by atoms with Crippen LogP contribution in [0.3, 0.4) is 0 Å². The fourth-order valence-corrected chi connectivity index (χ4v) is 4.26. The van der Waals surface area contributed by atoms with Gasteiger partial charge in [0.15, 0.2) is 6.04 Å². The molecule has 6 nitrogen and oxygen atoms in total. The number of esters is 1. The largest absolute Gasteiger partial charge is 0.467 e. The zero-order valence-corrected chi connectivity index (χ0v) is 20.7. The van der Waals surface area contributed by atoms with Crippen LogP contribution >= 0.6 is 0 Å². The van der Waals surface area contributed by atoms with Crippen LogP contribution in [-0.2, 0) is 14.3 Å². The summed E-state index contributed by atoms with van der Waals surface area (Å²) in [7, 11) is 1.32. The molecule has 6 heteroatoms. The fourth-order valence-electron chi connectivity index (χ4n) is 4.26. The molecule has 0 unspecified atom stereocenters. The predicted octanol–water partition coefficient (Wildman–Crippen LogP) is 5.87. The summed E-state index contributed by atoms with van der Waals surface area (Å²) in [6, 6.07) is 23.7. The maximum Gasteiger partial charge on any atom is 0.415 e. The van der Waals surface area contributed by atoms with E-state index in [1.165, 1.54) is 12.0 Å². The Kier molecular flexibility index (Phi) is 6.74. The van der Waals surface area contributed by atoms with Gasteiger partial charge in [-0.1, -0.05) is 78.4 Å². The molecule has 0 radical (unpaired) electrons. The Bertz CT molecular complexity index is 1210. The quantitative estimate of drug-likeness (QED) is 0.353. The summed E-state index contributed by atoms with van der Waals surface area (Å²) < 4.78 is 10.9. The number of aliphatic imine (C=N–C) groups is 1. The van der Waals surface area contributed by atoms with Crippen LogP contribution in [0, 0.1) is 6.92 Å². The van der Waals surface area contributed by atoms with E-state index < -0.39 is 29.7 Å². The number of anilines is 1. The number of hydrogen-bond acceptors (Lipinski definition) is 5. The zero-order valence-electron chi connectivity index (χ0n) is 20.7. The Hall–Kier alpha value is -3.93. The summed E-state index contributed by atoms with van der Waals surface area (Å²) in [6.07, 6.45) is -0.614. The normalized spacial score (nSPS) is 16.9. The lowest BCUT2D eigenvalue weighted by Gasteiger charge is -2.29. The van der Waals surface area contributed by atoms with Crippen LogP contribution in [-0.4, -0.2) is 36.5 Å². The molecule has 180 valence electrons. The van der Waals surface area contributed by atoms with Crippen molar-refractivity contribution in [2.75, 3.05) is 12.0 Å². The van der Waals surface area contributed by atoms with Crippen molar-refractivity contribution in [2.45, 2.75) is 45.4 Å². The van der Waals surface area contributed by atoms with Gasteiger partial charge in [0.25, 0.3) is 0 Å². The molecule has 1 aliphatic heterocycles. The molecule has 0 fully saturated rings. The van der Waals surface area contributed by atoms with E-state index in [2.05, 4.69) is 0 Å². The van der Waals surface area contributed by atoms with E-state index in [9.17, 15) is 9.59 Å². The summed E-state index contributed by atoms with van der Waals surface area (Å²) in [5.41, 5.74) is 4.18. The first-order valence-corrected chi connectivity index (χ1v) is 11.6. The van der Waals surface area contributed by atoms with Crippen LogP contribution in [0.1, 0.15) is 49.1 Å². The molecule has 0 N–H and O–H groups in total. The Labute approximate surface area is 206 Å². The average molecular weight is 471 g/mol. The third-order valence-electron chi connectivity index (χ3n) is 5.73. The second-order valence-electron chi connectivity index (χ2n) is 9.54. The van der Waals surface area contributed by atoms with Gasteiger partial charge in [0, 0.05) is 16.7 Å². The van der Waals surface area contributed by atoms with E-state index in [0.29, 0.717) is 5.69 Å². The van der Waals surface area contributed by atoms with Gasteiger partial charge < -0.3 is 9.47 Å². The van der Waals surface area contributed by atoms with Crippen molar-refractivity contribution in [2.24, 2.45) is 4.99 Å². The van der Waals surface area contributed by atoms with Crippen molar-refractivity contribution in [1.29, 1.82) is 0 Å². The number of nitrogens with zero attached hydrogens (tertiary/aromatic N) is 2. The van der Waals surface area contributed by atoms with Gasteiger partial charge in [-0.05, 0) is 33.8 Å². The molecule has 1 amide bonds. The number of benzene rings is 3. The average Bonchev–Trinajstić information content (AvgIpc) is 3.15. The molecule has 0 spiro atoms. The molecular weight excluding hydrogens is 440 g/mol. The van der Waals surface area contributed by atoms with Gasteiger partial charge in [0.05, 0.1) is 18.5 Å². The van der Waals surface area contributed by atoms with E-state index in [-0.39, 0.29) is 0 Å². The predicted molar refractivity (Wildman–Crippen MR) is 137 cm³/mol. The van der Waals surface area contributed by atoms with E-state index >= 15 is 0 Å². The molecule has 2 atom stereocenters. The topological polar surface area (TPSA) is 68.2 Å². The van der Waals surface area contributed by atoms with Gasteiger partial charge in [-0.25, -0.2) is 9.59 Å². The van der Waals surface area contributed by atoms with Crippen molar-refractivity contribution in [3.05, 3.63) is 101 Å². The number of methoxy groups -OCH3 is 1. The lowest BCUT2D eigenvalue weighted by molar-refractivity contribution is -0.142. The highest BCUT2D eigenvalue weighted by Gasteiger charge is 2.48. The molecule has 4 rings (SSSR count). The summed E-state index contributed by atoms with van der Waals surface area (Å²) in [5, 5.41) is 0. The summed E-state index contributed by atoms with van der Waals surface area (Å²) in [4.78, 5) is 33.1. The highest BCUT2D eigenvalue weighted by Crippen LogP contribution is 2.44. The Morgan fingerprint density at radius 3 is 1.97 bits per heavy atom. The first kappa shape index (κ1) is 24.2. The molecule has 3 aromatic rings. The number of amides is 1. The van der Waals surface area contributed by atoms with Crippen LogP contribution in [0.25, 0.3) is 0 Å². The lowest BCUT2D eigenvalue weighted by atomic mass is 9.98. The number of carbonyl (C=O) groups is 2. The number of carbonyl (C=O) groups excluding carboxylic acids is 2. The summed E-state index contributed by atoms with van der Waals surface area (Å²) in [6.45, 7) is 7.35. The van der Waals surface area contributed by atoms with Crippen LogP contribution < -0.4 is 4.90 Å². The van der Waals surface area contributed by atoms with Crippen molar-refractivity contribution in [1.82, 2.24) is 0 Å². The summed E-state index contributed by atoms with van der Waals surface area (Å²) >= 11 is 0. The number of aryl methyl sites for hydroxylation is 1. The number of fused-ring (bicyclic) bond motifs is 1. The van der Waals surface area contributed by atoms with Gasteiger partial charge in [-0.15, -0.1) is 0 Å². The standard InChI is InChI=1S/C29H30N2O4/c1-19-16-17-23-22(18-19)25(26(27(32)34-5)31(23)28(33)35-29(2,3)4)30-24(20-12-8-6-9-13-20)21-14-10-7-11-15-21/h6-18,25-26H,1-5H3/t25-,26-/m1/s1. The molecule has 3 aromatic carbocycles. The number of hydrogen-bond donors (Lipinski definition) is 0. The second kappa shape index (κ2) is 9.74. The molecule has 1 aliphatic rings. The minimum atomic E-state index is -1.01. The van der Waals surface area contributed by atoms with Gasteiger partial charge in [-0.3, -0.25) is 9.89 Å². The molecular formula is C29H30N2O4. The first-order chi connectivity index (χ1) is 16.7. The minimum Gasteiger partial charge on any atom is -0.467 e. The van der Waals surface area contributed by atoms with E-state index in [0.717, 1.165) is 28.0 Å². The highest BCUT2D eigenvalue weighted by atomic mass is 16.6.